The topological polar surface area (TPSA) is 64.3 Å². The summed E-state index contributed by atoms with van der Waals surface area (Å²) < 4.78 is 5.06. The van der Waals surface area contributed by atoms with Crippen LogP contribution in [0.5, 0.6) is 0 Å². The molecule has 0 radical (unpaired) electrons. The molecule has 1 aliphatic carbocycles. The molecule has 1 atom stereocenters. The van der Waals surface area contributed by atoms with Crippen LogP contribution >= 0.6 is 11.6 Å². The van der Waals surface area contributed by atoms with E-state index in [1.165, 1.54) is 12.8 Å². The van der Waals surface area contributed by atoms with Gasteiger partial charge in [-0.1, -0.05) is 24.4 Å². The van der Waals surface area contributed by atoms with Crippen molar-refractivity contribution in [2.45, 2.75) is 39.2 Å². The van der Waals surface area contributed by atoms with Crippen molar-refractivity contribution >= 4 is 28.9 Å². The lowest BCUT2D eigenvalue weighted by Gasteiger charge is -2.19. The van der Waals surface area contributed by atoms with Gasteiger partial charge in [-0.3, -0.25) is 0 Å². The van der Waals surface area contributed by atoms with Gasteiger partial charge in [-0.05, 0) is 38.3 Å². The number of halogens is 1. The first-order chi connectivity index (χ1) is 9.51. The van der Waals surface area contributed by atoms with E-state index in [2.05, 4.69) is 12.2 Å². The quantitative estimate of drug-likeness (QED) is 0.620. The third-order valence-corrected chi connectivity index (χ3v) is 3.68. The van der Waals surface area contributed by atoms with Gasteiger partial charge in [0.1, 0.15) is 0 Å². The molecule has 5 heteroatoms. The highest BCUT2D eigenvalue weighted by molar-refractivity contribution is 6.34. The summed E-state index contributed by atoms with van der Waals surface area (Å²) in [7, 11) is 0. The van der Waals surface area contributed by atoms with E-state index < -0.39 is 5.97 Å². The molecule has 1 aliphatic rings. The molecular weight excluding hydrogens is 276 g/mol. The Bertz CT molecular complexity index is 501. The van der Waals surface area contributed by atoms with Crippen LogP contribution < -0.4 is 11.1 Å². The van der Waals surface area contributed by atoms with E-state index in [9.17, 15) is 4.79 Å². The molecule has 0 saturated heterocycles. The summed E-state index contributed by atoms with van der Waals surface area (Å²) in [6, 6.07) is 3.52. The summed E-state index contributed by atoms with van der Waals surface area (Å²) >= 11 is 6.22. The largest absolute Gasteiger partial charge is 0.462 e. The van der Waals surface area contributed by atoms with Gasteiger partial charge in [0.15, 0.2) is 0 Å². The van der Waals surface area contributed by atoms with Crippen molar-refractivity contribution in [2.75, 3.05) is 17.7 Å². The van der Waals surface area contributed by atoms with Crippen LogP contribution in [0.15, 0.2) is 12.1 Å². The average Bonchev–Trinajstić information content (AvgIpc) is 3.16. The van der Waals surface area contributed by atoms with Crippen molar-refractivity contribution in [3.8, 4) is 0 Å². The number of nitrogen functional groups attached to an aromatic ring is 1. The smallest absolute Gasteiger partial charge is 0.340 e. The lowest BCUT2D eigenvalue weighted by atomic mass is 10.1. The minimum absolute atomic E-state index is 0.261. The molecule has 1 saturated carbocycles. The summed E-state index contributed by atoms with van der Waals surface area (Å²) in [5.41, 5.74) is 7.24. The second kappa shape index (κ2) is 6.35. The first kappa shape index (κ1) is 15.0. The number of benzene rings is 1. The zero-order chi connectivity index (χ0) is 14.7. The maximum absolute atomic E-state index is 12.0. The van der Waals surface area contributed by atoms with E-state index in [0.717, 1.165) is 12.3 Å². The van der Waals surface area contributed by atoms with Crippen LogP contribution in [0.25, 0.3) is 0 Å². The summed E-state index contributed by atoms with van der Waals surface area (Å²) in [6.07, 6.45) is 3.68. The van der Waals surface area contributed by atoms with Crippen LogP contribution in [0.1, 0.15) is 43.5 Å². The third kappa shape index (κ3) is 3.79. The molecule has 2 rings (SSSR count). The number of hydrogen-bond acceptors (Lipinski definition) is 4. The predicted molar refractivity (Wildman–Crippen MR) is 82.2 cm³/mol. The Morgan fingerprint density at radius 3 is 2.85 bits per heavy atom. The number of rotatable bonds is 6. The normalized spacial score (nSPS) is 15.8. The molecule has 0 amide bonds. The van der Waals surface area contributed by atoms with Crippen molar-refractivity contribution in [2.24, 2.45) is 5.92 Å². The first-order valence-electron chi connectivity index (χ1n) is 7.04. The van der Waals surface area contributed by atoms with Crippen LogP contribution in [0.4, 0.5) is 11.4 Å². The van der Waals surface area contributed by atoms with Crippen molar-refractivity contribution in [3.63, 3.8) is 0 Å². The van der Waals surface area contributed by atoms with Gasteiger partial charge >= 0.3 is 5.97 Å². The van der Waals surface area contributed by atoms with Gasteiger partial charge in [0.2, 0.25) is 0 Å². The monoisotopic (exact) mass is 296 g/mol. The Kier molecular flexibility index (Phi) is 4.76. The SMILES string of the molecule is CCOC(=O)c1cc(N)cc(Cl)c1NC(C)CC1CC1. The molecule has 3 N–H and O–H groups in total. The van der Waals surface area contributed by atoms with Crippen LogP contribution in [-0.2, 0) is 4.74 Å². The second-order valence-electron chi connectivity index (χ2n) is 5.37. The lowest BCUT2D eigenvalue weighted by Crippen LogP contribution is -2.19. The molecule has 20 heavy (non-hydrogen) atoms. The average molecular weight is 297 g/mol. The van der Waals surface area contributed by atoms with Gasteiger partial charge in [-0.25, -0.2) is 4.79 Å². The van der Waals surface area contributed by atoms with Crippen LogP contribution in [0.2, 0.25) is 5.02 Å². The van der Waals surface area contributed by atoms with Crippen molar-refractivity contribution in [1.82, 2.24) is 0 Å². The van der Waals surface area contributed by atoms with E-state index in [1.807, 2.05) is 0 Å². The number of esters is 1. The fourth-order valence-electron chi connectivity index (χ4n) is 2.30. The number of carbonyl (C=O) groups is 1. The first-order valence-corrected chi connectivity index (χ1v) is 7.41. The van der Waals surface area contributed by atoms with Gasteiger partial charge in [0.25, 0.3) is 0 Å². The Labute approximate surface area is 124 Å². The zero-order valence-corrected chi connectivity index (χ0v) is 12.7. The standard InChI is InChI=1S/C15H21ClN2O2/c1-3-20-15(19)12-7-11(17)8-13(16)14(12)18-9(2)6-10-4-5-10/h7-10,18H,3-6,17H2,1-2H3. The predicted octanol–water partition coefficient (Wildman–Crippen LogP) is 3.70. The van der Waals surface area contributed by atoms with Crippen LogP contribution in [-0.4, -0.2) is 18.6 Å². The number of nitrogens with one attached hydrogen (secondary N) is 1. The molecule has 1 unspecified atom stereocenters. The summed E-state index contributed by atoms with van der Waals surface area (Å²) in [5, 5.41) is 3.78. The Hall–Kier alpha value is -1.42. The summed E-state index contributed by atoms with van der Waals surface area (Å²) in [4.78, 5) is 12.0. The molecule has 0 aliphatic heterocycles. The molecule has 0 spiro atoms. The molecule has 0 bridgehead atoms. The number of anilines is 2. The molecule has 110 valence electrons. The minimum Gasteiger partial charge on any atom is -0.462 e. The fraction of sp³-hybridized carbons (Fsp3) is 0.533. The van der Waals surface area contributed by atoms with Gasteiger partial charge in [0, 0.05) is 11.7 Å². The molecule has 0 heterocycles. The van der Waals surface area contributed by atoms with E-state index in [-0.39, 0.29) is 6.04 Å². The molecule has 0 aromatic heterocycles. The number of nitrogens with two attached hydrogens (primary N) is 1. The van der Waals surface area contributed by atoms with Crippen molar-refractivity contribution < 1.29 is 9.53 Å². The molecule has 1 aromatic rings. The Morgan fingerprint density at radius 1 is 1.55 bits per heavy atom. The molecule has 1 aromatic carbocycles. The summed E-state index contributed by atoms with van der Waals surface area (Å²) in [5.74, 6) is 0.402. The molecule has 4 nitrogen and oxygen atoms in total. The van der Waals surface area contributed by atoms with Gasteiger partial charge < -0.3 is 15.8 Å². The maximum Gasteiger partial charge on any atom is 0.340 e. The molecular formula is C15H21ClN2O2. The maximum atomic E-state index is 12.0. The Balaban J connectivity index is 2.21. The van der Waals surface area contributed by atoms with Gasteiger partial charge in [-0.2, -0.15) is 0 Å². The van der Waals surface area contributed by atoms with Crippen LogP contribution in [0, 0.1) is 5.92 Å². The van der Waals surface area contributed by atoms with Gasteiger partial charge in [0.05, 0.1) is 22.9 Å². The highest BCUT2D eigenvalue weighted by Gasteiger charge is 2.25. The highest BCUT2D eigenvalue weighted by Crippen LogP contribution is 2.36. The van der Waals surface area contributed by atoms with E-state index >= 15 is 0 Å². The van der Waals surface area contributed by atoms with Crippen molar-refractivity contribution in [1.29, 1.82) is 0 Å². The highest BCUT2D eigenvalue weighted by atomic mass is 35.5. The van der Waals surface area contributed by atoms with Gasteiger partial charge in [-0.15, -0.1) is 0 Å². The Morgan fingerprint density at radius 2 is 2.25 bits per heavy atom. The minimum atomic E-state index is -0.400. The van der Waals surface area contributed by atoms with Crippen molar-refractivity contribution in [3.05, 3.63) is 22.7 Å². The third-order valence-electron chi connectivity index (χ3n) is 3.38. The zero-order valence-electron chi connectivity index (χ0n) is 11.9. The number of hydrogen-bond donors (Lipinski definition) is 2. The fourth-order valence-corrected chi connectivity index (χ4v) is 2.59. The van der Waals surface area contributed by atoms with E-state index in [1.54, 1.807) is 19.1 Å². The summed E-state index contributed by atoms with van der Waals surface area (Å²) in [6.45, 7) is 4.19. The number of ether oxygens (including phenoxy) is 1. The van der Waals surface area contributed by atoms with E-state index in [4.69, 9.17) is 22.1 Å². The van der Waals surface area contributed by atoms with E-state index in [0.29, 0.717) is 28.6 Å². The second-order valence-corrected chi connectivity index (χ2v) is 5.78. The lowest BCUT2D eigenvalue weighted by molar-refractivity contribution is 0.0527. The van der Waals surface area contributed by atoms with Crippen LogP contribution in [0.3, 0.4) is 0 Å². The molecule has 1 fully saturated rings. The number of carbonyl (C=O) groups excluding carboxylic acids is 1.